The monoisotopic (exact) mass is 258 g/mol. The molecule has 0 aliphatic carbocycles. The third-order valence-corrected chi connectivity index (χ3v) is 3.33. The van der Waals surface area contributed by atoms with Crippen molar-refractivity contribution in [1.82, 2.24) is 4.90 Å². The highest BCUT2D eigenvalue weighted by molar-refractivity contribution is 5.75. The van der Waals surface area contributed by atoms with E-state index in [2.05, 4.69) is 6.07 Å². The van der Waals surface area contributed by atoms with Crippen molar-refractivity contribution in [3.8, 4) is 6.07 Å². The van der Waals surface area contributed by atoms with E-state index in [1.165, 1.54) is 0 Å². The summed E-state index contributed by atoms with van der Waals surface area (Å²) in [6.45, 7) is 4.66. The van der Waals surface area contributed by atoms with Gasteiger partial charge in [-0.05, 0) is 17.9 Å². The predicted molar refractivity (Wildman–Crippen MR) is 76.1 cm³/mol. The maximum Gasteiger partial charge on any atom is 0.222 e. The quantitative estimate of drug-likeness (QED) is 0.786. The molecule has 3 nitrogen and oxygen atoms in total. The molecular weight excluding hydrogens is 236 g/mol. The van der Waals surface area contributed by atoms with Crippen LogP contribution in [0.1, 0.15) is 32.3 Å². The Morgan fingerprint density at radius 1 is 1.32 bits per heavy atom. The van der Waals surface area contributed by atoms with Crippen molar-refractivity contribution in [2.75, 3.05) is 7.05 Å². The van der Waals surface area contributed by atoms with E-state index in [-0.39, 0.29) is 11.8 Å². The Kier molecular flexibility index (Phi) is 6.08. The van der Waals surface area contributed by atoms with Crippen LogP contribution in [0, 0.1) is 23.2 Å². The van der Waals surface area contributed by atoms with Crippen LogP contribution in [-0.4, -0.2) is 17.9 Å². The molecule has 1 aromatic rings. The van der Waals surface area contributed by atoms with Crippen LogP contribution in [-0.2, 0) is 11.3 Å². The number of nitriles is 1. The molecule has 0 heterocycles. The Balaban J connectivity index is 2.43. The summed E-state index contributed by atoms with van der Waals surface area (Å²) in [7, 11) is 1.81. The van der Waals surface area contributed by atoms with Crippen molar-refractivity contribution in [2.24, 2.45) is 11.8 Å². The zero-order chi connectivity index (χ0) is 14.3. The minimum atomic E-state index is -0.0333. The lowest BCUT2D eigenvalue weighted by atomic mass is 9.92. The van der Waals surface area contributed by atoms with Crippen molar-refractivity contribution in [3.63, 3.8) is 0 Å². The first-order chi connectivity index (χ1) is 9.04. The Morgan fingerprint density at radius 3 is 2.47 bits per heavy atom. The van der Waals surface area contributed by atoms with Gasteiger partial charge in [0.25, 0.3) is 0 Å². The normalized spacial score (nSPS) is 11.9. The van der Waals surface area contributed by atoms with Crippen LogP contribution in [0.2, 0.25) is 0 Å². The summed E-state index contributed by atoms with van der Waals surface area (Å²) in [6.07, 6.45) is 1.09. The SMILES string of the molecule is CC(C)C(C#N)CCC(=O)N(C)Cc1ccccc1. The average molecular weight is 258 g/mol. The number of nitrogens with zero attached hydrogens (tertiary/aromatic N) is 2. The smallest absolute Gasteiger partial charge is 0.222 e. The minimum Gasteiger partial charge on any atom is -0.341 e. The molecule has 1 atom stereocenters. The third-order valence-electron chi connectivity index (χ3n) is 3.33. The zero-order valence-corrected chi connectivity index (χ0v) is 12.0. The van der Waals surface area contributed by atoms with Gasteiger partial charge < -0.3 is 4.90 Å². The highest BCUT2D eigenvalue weighted by atomic mass is 16.2. The van der Waals surface area contributed by atoms with E-state index in [0.717, 1.165) is 5.56 Å². The van der Waals surface area contributed by atoms with Gasteiger partial charge >= 0.3 is 0 Å². The Hall–Kier alpha value is -1.82. The first-order valence-electron chi connectivity index (χ1n) is 6.72. The Bertz CT molecular complexity index is 434. The van der Waals surface area contributed by atoms with Crippen LogP contribution < -0.4 is 0 Å². The van der Waals surface area contributed by atoms with Crippen molar-refractivity contribution < 1.29 is 4.79 Å². The number of carbonyl (C=O) groups excluding carboxylic acids is 1. The lowest BCUT2D eigenvalue weighted by Gasteiger charge is -2.19. The molecule has 0 aliphatic rings. The molecule has 0 radical (unpaired) electrons. The van der Waals surface area contributed by atoms with Gasteiger partial charge in [0.05, 0.1) is 6.07 Å². The summed E-state index contributed by atoms with van der Waals surface area (Å²) >= 11 is 0. The topological polar surface area (TPSA) is 44.1 Å². The molecule has 0 spiro atoms. The molecule has 0 saturated carbocycles. The number of carbonyl (C=O) groups is 1. The van der Waals surface area contributed by atoms with Gasteiger partial charge in [-0.25, -0.2) is 0 Å². The van der Waals surface area contributed by atoms with E-state index in [1.54, 1.807) is 4.90 Å². The van der Waals surface area contributed by atoms with Crippen LogP contribution in [0.25, 0.3) is 0 Å². The van der Waals surface area contributed by atoms with E-state index in [0.29, 0.717) is 25.3 Å². The summed E-state index contributed by atoms with van der Waals surface area (Å²) in [5.74, 6) is 0.371. The van der Waals surface area contributed by atoms with Gasteiger partial charge in [-0.1, -0.05) is 44.2 Å². The summed E-state index contributed by atoms with van der Waals surface area (Å²) in [6, 6.07) is 12.2. The molecule has 1 unspecified atom stereocenters. The summed E-state index contributed by atoms with van der Waals surface area (Å²) in [4.78, 5) is 13.7. The third kappa shape index (κ3) is 5.13. The molecule has 102 valence electrons. The summed E-state index contributed by atoms with van der Waals surface area (Å²) in [5.41, 5.74) is 1.12. The number of benzene rings is 1. The average Bonchev–Trinajstić information content (AvgIpc) is 2.39. The molecule has 1 aromatic carbocycles. The van der Waals surface area contributed by atoms with Crippen LogP contribution in [0.15, 0.2) is 30.3 Å². The molecule has 1 amide bonds. The molecule has 0 aromatic heterocycles. The van der Waals surface area contributed by atoms with Gasteiger partial charge in [0.15, 0.2) is 0 Å². The van der Waals surface area contributed by atoms with Crippen LogP contribution in [0.3, 0.4) is 0 Å². The molecule has 0 aliphatic heterocycles. The second-order valence-electron chi connectivity index (χ2n) is 5.25. The van der Waals surface area contributed by atoms with Gasteiger partial charge in [-0.3, -0.25) is 4.79 Å². The first-order valence-corrected chi connectivity index (χ1v) is 6.72. The van der Waals surface area contributed by atoms with Gasteiger partial charge in [0, 0.05) is 25.9 Å². The lowest BCUT2D eigenvalue weighted by molar-refractivity contribution is -0.130. The summed E-state index contributed by atoms with van der Waals surface area (Å²) in [5, 5.41) is 9.01. The Labute approximate surface area is 115 Å². The number of hydrogen-bond donors (Lipinski definition) is 0. The fourth-order valence-electron chi connectivity index (χ4n) is 1.96. The lowest BCUT2D eigenvalue weighted by Crippen LogP contribution is -2.26. The van der Waals surface area contributed by atoms with E-state index >= 15 is 0 Å². The second-order valence-corrected chi connectivity index (χ2v) is 5.25. The molecule has 0 saturated heterocycles. The van der Waals surface area contributed by atoms with Gasteiger partial charge in [-0.2, -0.15) is 5.26 Å². The molecular formula is C16H22N2O. The fraction of sp³-hybridized carbons (Fsp3) is 0.500. The maximum atomic E-state index is 12.0. The Morgan fingerprint density at radius 2 is 1.95 bits per heavy atom. The number of amides is 1. The summed E-state index contributed by atoms with van der Waals surface area (Å²) < 4.78 is 0. The van der Waals surface area contributed by atoms with E-state index in [4.69, 9.17) is 5.26 Å². The maximum absolute atomic E-state index is 12.0. The standard InChI is InChI=1S/C16H22N2O/c1-13(2)15(11-17)9-10-16(19)18(3)12-14-7-5-4-6-8-14/h4-8,13,15H,9-10,12H2,1-3H3. The minimum absolute atomic E-state index is 0.0333. The van der Waals surface area contributed by atoms with Gasteiger partial charge in [0.1, 0.15) is 0 Å². The number of hydrogen-bond acceptors (Lipinski definition) is 2. The fourth-order valence-corrected chi connectivity index (χ4v) is 1.96. The predicted octanol–water partition coefficient (Wildman–Crippen LogP) is 3.22. The zero-order valence-electron chi connectivity index (χ0n) is 12.0. The van der Waals surface area contributed by atoms with Gasteiger partial charge in [-0.15, -0.1) is 0 Å². The molecule has 1 rings (SSSR count). The number of rotatable bonds is 6. The molecule has 0 N–H and O–H groups in total. The van der Waals surface area contributed by atoms with Crippen molar-refractivity contribution in [2.45, 2.75) is 33.2 Å². The van der Waals surface area contributed by atoms with E-state index in [1.807, 2.05) is 51.2 Å². The van der Waals surface area contributed by atoms with Crippen molar-refractivity contribution >= 4 is 5.91 Å². The molecule has 0 bridgehead atoms. The van der Waals surface area contributed by atoms with Gasteiger partial charge in [0.2, 0.25) is 5.91 Å². The van der Waals surface area contributed by atoms with Crippen molar-refractivity contribution in [3.05, 3.63) is 35.9 Å². The van der Waals surface area contributed by atoms with E-state index < -0.39 is 0 Å². The van der Waals surface area contributed by atoms with Crippen molar-refractivity contribution in [1.29, 1.82) is 5.26 Å². The van der Waals surface area contributed by atoms with Crippen LogP contribution in [0.4, 0.5) is 0 Å². The molecule has 0 fully saturated rings. The molecule has 19 heavy (non-hydrogen) atoms. The highest BCUT2D eigenvalue weighted by Gasteiger charge is 2.16. The molecule has 3 heteroatoms. The highest BCUT2D eigenvalue weighted by Crippen LogP contribution is 2.17. The largest absolute Gasteiger partial charge is 0.341 e. The van der Waals surface area contributed by atoms with Crippen LogP contribution >= 0.6 is 0 Å². The van der Waals surface area contributed by atoms with Crippen LogP contribution in [0.5, 0.6) is 0 Å². The first kappa shape index (κ1) is 15.2. The second kappa shape index (κ2) is 7.58. The van der Waals surface area contributed by atoms with E-state index in [9.17, 15) is 4.79 Å².